The molecule has 0 fully saturated rings. The number of carbonyl (C=O) groups is 1. The van der Waals surface area contributed by atoms with Gasteiger partial charge in [-0.25, -0.2) is 9.97 Å². The Morgan fingerprint density at radius 3 is 2.65 bits per heavy atom. The number of halogens is 1. The normalized spacial score (nSPS) is 11.4. The fourth-order valence-electron chi connectivity index (χ4n) is 0.998. The number of methoxy groups -OCH3 is 1. The summed E-state index contributed by atoms with van der Waals surface area (Å²) in [7, 11) is 1.36. The number of rotatable bonds is 3. The summed E-state index contributed by atoms with van der Waals surface area (Å²) < 4.78 is 4.56. The molecule has 0 unspecified atom stereocenters. The van der Waals surface area contributed by atoms with Crippen LogP contribution in [0.4, 0.5) is 0 Å². The van der Waals surface area contributed by atoms with Gasteiger partial charge in [0.1, 0.15) is 16.0 Å². The van der Waals surface area contributed by atoms with Gasteiger partial charge in [-0.1, -0.05) is 44.1 Å². The van der Waals surface area contributed by atoms with E-state index in [4.69, 9.17) is 11.6 Å². The molecule has 0 aliphatic heterocycles. The highest BCUT2D eigenvalue weighted by molar-refractivity contribution is 7.99. The molecule has 4 nitrogen and oxygen atoms in total. The molecule has 0 amide bonds. The SMILES string of the molecule is COC(=O)CSc1cc(Cl)nc(C(C)(C)C)n1. The smallest absolute Gasteiger partial charge is 0.316 e. The lowest BCUT2D eigenvalue weighted by Crippen LogP contribution is -2.16. The van der Waals surface area contributed by atoms with E-state index in [2.05, 4.69) is 14.7 Å². The fraction of sp³-hybridized carbons (Fsp3) is 0.545. The molecular weight excluding hydrogens is 260 g/mol. The molecule has 0 aromatic carbocycles. The topological polar surface area (TPSA) is 52.1 Å². The lowest BCUT2D eigenvalue weighted by Gasteiger charge is -2.17. The monoisotopic (exact) mass is 274 g/mol. The third-order valence-corrected chi connectivity index (χ3v) is 2.99. The molecule has 0 bridgehead atoms. The fourth-order valence-corrected chi connectivity index (χ4v) is 1.98. The first-order valence-electron chi connectivity index (χ1n) is 5.07. The predicted molar refractivity (Wildman–Crippen MR) is 68.5 cm³/mol. The van der Waals surface area contributed by atoms with Gasteiger partial charge < -0.3 is 4.74 Å². The number of hydrogen-bond donors (Lipinski definition) is 0. The van der Waals surface area contributed by atoms with E-state index in [0.717, 1.165) is 0 Å². The molecule has 6 heteroatoms. The van der Waals surface area contributed by atoms with E-state index >= 15 is 0 Å². The maximum atomic E-state index is 11.0. The Morgan fingerprint density at radius 1 is 1.47 bits per heavy atom. The van der Waals surface area contributed by atoms with E-state index in [1.165, 1.54) is 18.9 Å². The summed E-state index contributed by atoms with van der Waals surface area (Å²) in [5.74, 6) is 0.590. The van der Waals surface area contributed by atoms with Gasteiger partial charge in [0.25, 0.3) is 0 Å². The van der Waals surface area contributed by atoms with Crippen LogP contribution in [0, 0.1) is 0 Å². The largest absolute Gasteiger partial charge is 0.468 e. The van der Waals surface area contributed by atoms with Gasteiger partial charge in [0, 0.05) is 11.5 Å². The molecule has 0 saturated heterocycles. The summed E-state index contributed by atoms with van der Waals surface area (Å²) in [5.41, 5.74) is -0.175. The molecule has 0 saturated carbocycles. The van der Waals surface area contributed by atoms with Crippen LogP contribution in [0.1, 0.15) is 26.6 Å². The lowest BCUT2D eigenvalue weighted by atomic mass is 9.96. The molecule has 0 spiro atoms. The minimum atomic E-state index is -0.290. The zero-order valence-electron chi connectivity index (χ0n) is 10.3. The minimum absolute atomic E-state index is 0.175. The van der Waals surface area contributed by atoms with Gasteiger partial charge in [-0.15, -0.1) is 0 Å². The second kappa shape index (κ2) is 5.69. The van der Waals surface area contributed by atoms with Crippen LogP contribution in [0.15, 0.2) is 11.1 Å². The van der Waals surface area contributed by atoms with Crippen LogP contribution in [-0.4, -0.2) is 28.8 Å². The Morgan fingerprint density at radius 2 is 2.12 bits per heavy atom. The van der Waals surface area contributed by atoms with E-state index in [1.54, 1.807) is 6.07 Å². The highest BCUT2D eigenvalue weighted by Gasteiger charge is 2.19. The molecule has 0 N–H and O–H groups in total. The van der Waals surface area contributed by atoms with Crippen LogP contribution in [0.2, 0.25) is 5.15 Å². The van der Waals surface area contributed by atoms with Crippen molar-refractivity contribution in [2.75, 3.05) is 12.9 Å². The van der Waals surface area contributed by atoms with Gasteiger partial charge in [-0.3, -0.25) is 4.79 Å². The van der Waals surface area contributed by atoms with Gasteiger partial charge in [0.2, 0.25) is 0 Å². The molecule has 0 aliphatic carbocycles. The Balaban J connectivity index is 2.87. The van der Waals surface area contributed by atoms with Crippen LogP contribution < -0.4 is 0 Å². The summed E-state index contributed by atoms with van der Waals surface area (Å²) in [5, 5.41) is 1.07. The maximum Gasteiger partial charge on any atom is 0.316 e. The highest BCUT2D eigenvalue weighted by atomic mass is 35.5. The average molecular weight is 275 g/mol. The summed E-state index contributed by atoms with van der Waals surface area (Å²) >= 11 is 7.21. The van der Waals surface area contributed by atoms with Gasteiger partial charge in [0.15, 0.2) is 0 Å². The van der Waals surface area contributed by atoms with Crippen molar-refractivity contribution >= 4 is 29.3 Å². The van der Waals surface area contributed by atoms with E-state index in [-0.39, 0.29) is 17.1 Å². The number of carbonyl (C=O) groups excluding carboxylic acids is 1. The molecule has 0 aliphatic rings. The van der Waals surface area contributed by atoms with Crippen molar-refractivity contribution in [3.8, 4) is 0 Å². The van der Waals surface area contributed by atoms with Crippen LogP contribution in [0.3, 0.4) is 0 Å². The van der Waals surface area contributed by atoms with Crippen molar-refractivity contribution in [1.29, 1.82) is 0 Å². The summed E-state index contributed by atoms with van der Waals surface area (Å²) in [6.07, 6.45) is 0. The third kappa shape index (κ3) is 4.52. The van der Waals surface area contributed by atoms with E-state index in [0.29, 0.717) is 16.0 Å². The zero-order chi connectivity index (χ0) is 13.1. The molecule has 1 aromatic rings. The number of nitrogens with zero attached hydrogens (tertiary/aromatic N) is 2. The van der Waals surface area contributed by atoms with E-state index in [1.807, 2.05) is 20.8 Å². The van der Waals surface area contributed by atoms with E-state index < -0.39 is 0 Å². The Bertz CT molecular complexity index is 418. The Kier molecular flexibility index (Phi) is 4.77. The molecular formula is C11H15ClN2O2S. The third-order valence-electron chi connectivity index (χ3n) is 1.91. The predicted octanol–water partition coefficient (Wildman–Crippen LogP) is 2.69. The van der Waals surface area contributed by atoms with Crippen LogP contribution >= 0.6 is 23.4 Å². The molecule has 1 heterocycles. The maximum absolute atomic E-state index is 11.0. The van der Waals surface area contributed by atoms with E-state index in [9.17, 15) is 4.79 Å². The average Bonchev–Trinajstić information content (AvgIpc) is 2.24. The van der Waals surface area contributed by atoms with Crippen molar-refractivity contribution in [3.63, 3.8) is 0 Å². The molecule has 0 radical (unpaired) electrons. The number of esters is 1. The van der Waals surface area contributed by atoms with Crippen LogP contribution in [0.5, 0.6) is 0 Å². The molecule has 94 valence electrons. The number of hydrogen-bond acceptors (Lipinski definition) is 5. The number of ether oxygens (including phenoxy) is 1. The van der Waals surface area contributed by atoms with Crippen molar-refractivity contribution in [1.82, 2.24) is 9.97 Å². The van der Waals surface area contributed by atoms with Gasteiger partial charge in [-0.05, 0) is 0 Å². The number of aromatic nitrogens is 2. The van der Waals surface area contributed by atoms with Crippen molar-refractivity contribution < 1.29 is 9.53 Å². The Hall–Kier alpha value is -0.810. The molecule has 1 aromatic heterocycles. The van der Waals surface area contributed by atoms with Crippen molar-refractivity contribution in [2.45, 2.75) is 31.2 Å². The molecule has 0 atom stereocenters. The Labute approximate surface area is 110 Å². The van der Waals surface area contributed by atoms with Gasteiger partial charge in [0.05, 0.1) is 12.9 Å². The zero-order valence-corrected chi connectivity index (χ0v) is 11.9. The standard InChI is InChI=1S/C11H15ClN2O2S/c1-11(2,3)10-13-7(12)5-8(14-10)17-6-9(15)16-4/h5H,6H2,1-4H3. The summed E-state index contributed by atoms with van der Waals surface area (Å²) in [6.45, 7) is 6.02. The first kappa shape index (κ1) is 14.3. The first-order chi connectivity index (χ1) is 7.82. The lowest BCUT2D eigenvalue weighted by molar-refractivity contribution is -0.137. The second-order valence-corrected chi connectivity index (χ2v) is 5.85. The van der Waals surface area contributed by atoms with Gasteiger partial charge in [-0.2, -0.15) is 0 Å². The minimum Gasteiger partial charge on any atom is -0.468 e. The van der Waals surface area contributed by atoms with Crippen LogP contribution in [0.25, 0.3) is 0 Å². The number of thioether (sulfide) groups is 1. The van der Waals surface area contributed by atoms with Crippen molar-refractivity contribution in [2.24, 2.45) is 0 Å². The first-order valence-corrected chi connectivity index (χ1v) is 6.44. The van der Waals surface area contributed by atoms with Crippen molar-refractivity contribution in [3.05, 3.63) is 17.0 Å². The molecule has 1 rings (SSSR count). The van der Waals surface area contributed by atoms with Crippen LogP contribution in [-0.2, 0) is 14.9 Å². The quantitative estimate of drug-likeness (QED) is 0.482. The van der Waals surface area contributed by atoms with Gasteiger partial charge >= 0.3 is 5.97 Å². The highest BCUT2D eigenvalue weighted by Crippen LogP contribution is 2.24. The second-order valence-electron chi connectivity index (χ2n) is 4.47. The molecule has 17 heavy (non-hydrogen) atoms. The summed E-state index contributed by atoms with van der Waals surface area (Å²) in [6, 6.07) is 1.64. The summed E-state index contributed by atoms with van der Waals surface area (Å²) in [4.78, 5) is 19.6.